The largest absolute Gasteiger partial charge is 0.733 e. The minimum Gasteiger partial charge on any atom is -0.733 e. The Morgan fingerprint density at radius 2 is 1.85 bits per heavy atom. The number of nitrogen functional groups attached to an aromatic ring is 1. The maximum absolute atomic E-state index is 13.1. The number of hydrogen-bond acceptors (Lipinski definition) is 5. The van der Waals surface area contributed by atoms with Crippen LogP contribution < -0.4 is 15.7 Å². The van der Waals surface area contributed by atoms with E-state index in [-0.39, 0.29) is 16.7 Å². The number of benzene rings is 3. The van der Waals surface area contributed by atoms with Gasteiger partial charge in [-0.2, -0.15) is 0 Å². The van der Waals surface area contributed by atoms with E-state index in [0.29, 0.717) is 29.0 Å². The zero-order valence-electron chi connectivity index (χ0n) is 14.1. The van der Waals surface area contributed by atoms with Crippen LogP contribution in [0.15, 0.2) is 60.7 Å². The van der Waals surface area contributed by atoms with Crippen LogP contribution in [0, 0.1) is 11.0 Å². The molecule has 26 heavy (non-hydrogen) atoms. The van der Waals surface area contributed by atoms with Gasteiger partial charge in [0.25, 0.3) is 0 Å². The number of nitrogens with two attached hydrogens (primary N) is 1. The van der Waals surface area contributed by atoms with Crippen LogP contribution in [0.2, 0.25) is 0 Å². The second kappa shape index (κ2) is 7.43. The average molecular weight is 353 g/mol. The van der Waals surface area contributed by atoms with Gasteiger partial charge < -0.3 is 20.9 Å². The molecule has 0 aliphatic rings. The Labute approximate surface area is 150 Å². The van der Waals surface area contributed by atoms with Crippen molar-refractivity contribution in [1.29, 1.82) is 0 Å². The van der Waals surface area contributed by atoms with Gasteiger partial charge in [0.1, 0.15) is 11.6 Å². The normalized spacial score (nSPS) is 10.6. The van der Waals surface area contributed by atoms with E-state index < -0.39 is 0 Å². The lowest BCUT2D eigenvalue weighted by atomic mass is 9.95. The lowest BCUT2D eigenvalue weighted by Crippen LogP contribution is -2.07. The third-order valence-corrected chi connectivity index (χ3v) is 4.18. The Morgan fingerprint density at radius 3 is 2.50 bits per heavy atom. The fourth-order valence-electron chi connectivity index (χ4n) is 2.87. The molecule has 0 aromatic heterocycles. The molecule has 3 rings (SSSR count). The number of halogens is 1. The number of ether oxygens (including phenoxy) is 1. The van der Waals surface area contributed by atoms with Gasteiger partial charge in [-0.15, -0.1) is 0 Å². The molecule has 0 saturated carbocycles. The summed E-state index contributed by atoms with van der Waals surface area (Å²) < 4.78 is 18.5. The fourth-order valence-corrected chi connectivity index (χ4v) is 2.87. The highest BCUT2D eigenvalue weighted by Crippen LogP contribution is 2.39. The zero-order valence-corrected chi connectivity index (χ0v) is 14.1. The highest BCUT2D eigenvalue weighted by Gasteiger charge is 2.15. The Balaban J connectivity index is 2.06. The van der Waals surface area contributed by atoms with Gasteiger partial charge in [-0.05, 0) is 53.4 Å². The van der Waals surface area contributed by atoms with Crippen molar-refractivity contribution >= 4 is 11.4 Å². The Morgan fingerprint density at radius 1 is 1.12 bits per heavy atom. The van der Waals surface area contributed by atoms with Crippen LogP contribution in [0.25, 0.3) is 11.1 Å². The molecule has 0 bridgehead atoms. The summed E-state index contributed by atoms with van der Waals surface area (Å²) in [7, 11) is 1.54. The Kier molecular flexibility index (Phi) is 5.06. The summed E-state index contributed by atoms with van der Waals surface area (Å²) in [6.45, 7) is 0. The summed E-state index contributed by atoms with van der Waals surface area (Å²) in [4.78, 5) is 0. The van der Waals surface area contributed by atoms with Crippen LogP contribution in [0.5, 0.6) is 5.75 Å². The van der Waals surface area contributed by atoms with Crippen LogP contribution in [0.3, 0.4) is 0 Å². The number of nitrogens with zero attached hydrogens (tertiary/aromatic N) is 1. The number of methoxy groups -OCH3 is 1. The van der Waals surface area contributed by atoms with Gasteiger partial charge in [-0.1, -0.05) is 30.3 Å². The molecule has 134 valence electrons. The minimum atomic E-state index is -0.292. The van der Waals surface area contributed by atoms with E-state index in [1.165, 1.54) is 31.4 Å². The molecule has 3 N–H and O–H groups in total. The van der Waals surface area contributed by atoms with Crippen molar-refractivity contribution in [3.8, 4) is 16.9 Å². The van der Waals surface area contributed by atoms with Crippen molar-refractivity contribution in [1.82, 2.24) is 0 Å². The molecular weight excluding hydrogens is 335 g/mol. The molecule has 0 heterocycles. The molecule has 0 saturated heterocycles. The smallest absolute Gasteiger partial charge is 0.128 e. The summed E-state index contributed by atoms with van der Waals surface area (Å²) in [5.41, 5.74) is 10.0. The summed E-state index contributed by atoms with van der Waals surface area (Å²) in [6.07, 6.45) is 0.524. The molecule has 0 fully saturated rings. The highest BCUT2D eigenvalue weighted by molar-refractivity contribution is 5.85. The van der Waals surface area contributed by atoms with Gasteiger partial charge in [0, 0.05) is 11.3 Å². The molecular formula is C20H18FN2O3-. The first-order chi connectivity index (χ1) is 12.5. The van der Waals surface area contributed by atoms with Crippen LogP contribution in [-0.2, 0) is 6.42 Å². The van der Waals surface area contributed by atoms with Crippen molar-refractivity contribution in [3.05, 3.63) is 82.8 Å². The SMILES string of the molecule is COc1ccc(Cc2ccc(F)cc2)c(N)c1-c1cccc(N([O-])O)c1. The summed E-state index contributed by atoms with van der Waals surface area (Å²) >= 11 is 0. The number of hydrogen-bond donors (Lipinski definition) is 2. The monoisotopic (exact) mass is 353 g/mol. The first-order valence-corrected chi connectivity index (χ1v) is 7.96. The third kappa shape index (κ3) is 3.61. The van der Waals surface area contributed by atoms with E-state index in [1.54, 1.807) is 30.3 Å². The van der Waals surface area contributed by atoms with E-state index in [0.717, 1.165) is 11.1 Å². The summed E-state index contributed by atoms with van der Waals surface area (Å²) in [6, 6.07) is 16.3. The molecule has 5 nitrogen and oxygen atoms in total. The van der Waals surface area contributed by atoms with Gasteiger partial charge in [0.15, 0.2) is 0 Å². The zero-order chi connectivity index (χ0) is 18.7. The van der Waals surface area contributed by atoms with Crippen molar-refractivity contribution in [2.75, 3.05) is 18.1 Å². The topological polar surface area (TPSA) is 81.8 Å². The van der Waals surface area contributed by atoms with Crippen LogP contribution in [0.4, 0.5) is 15.8 Å². The first kappa shape index (κ1) is 17.7. The predicted octanol–water partition coefficient (Wildman–Crippen LogP) is 4.37. The van der Waals surface area contributed by atoms with Crippen molar-refractivity contribution < 1.29 is 14.3 Å². The quantitative estimate of drug-likeness (QED) is 0.526. The number of anilines is 2. The maximum atomic E-state index is 13.1. The van der Waals surface area contributed by atoms with Crippen molar-refractivity contribution in [3.63, 3.8) is 0 Å². The molecule has 0 radical (unpaired) electrons. The van der Waals surface area contributed by atoms with Crippen LogP contribution in [0.1, 0.15) is 11.1 Å². The Hall–Kier alpha value is -3.09. The number of rotatable bonds is 5. The highest BCUT2D eigenvalue weighted by atomic mass is 19.1. The molecule has 0 atom stereocenters. The molecule has 0 spiro atoms. The minimum absolute atomic E-state index is 0.0906. The molecule has 0 aliphatic carbocycles. The van der Waals surface area contributed by atoms with Crippen molar-refractivity contribution in [2.24, 2.45) is 0 Å². The van der Waals surface area contributed by atoms with Gasteiger partial charge in [0.2, 0.25) is 0 Å². The molecule has 0 amide bonds. The average Bonchev–Trinajstić information content (AvgIpc) is 2.65. The predicted molar refractivity (Wildman–Crippen MR) is 99.7 cm³/mol. The van der Waals surface area contributed by atoms with E-state index in [2.05, 4.69) is 0 Å². The molecule has 3 aromatic carbocycles. The lowest BCUT2D eigenvalue weighted by Gasteiger charge is -2.23. The standard InChI is InChI=1S/C20H18FN2O3/c1-26-18-10-7-15(11-13-5-8-16(21)9-6-13)20(22)19(18)14-3-2-4-17(12-14)23(24)25/h2-10,12,24H,11,22H2,1H3/q-1. The summed E-state index contributed by atoms with van der Waals surface area (Å²) in [5, 5.41) is 20.1. The summed E-state index contributed by atoms with van der Waals surface area (Å²) in [5.74, 6) is 0.262. The second-order valence-corrected chi connectivity index (χ2v) is 5.84. The Bertz CT molecular complexity index is 911. The lowest BCUT2D eigenvalue weighted by molar-refractivity contribution is 0.296. The van der Waals surface area contributed by atoms with Crippen LogP contribution in [-0.4, -0.2) is 12.3 Å². The van der Waals surface area contributed by atoms with E-state index in [4.69, 9.17) is 15.7 Å². The van der Waals surface area contributed by atoms with Gasteiger partial charge in [0.05, 0.1) is 12.8 Å². The van der Waals surface area contributed by atoms with Crippen molar-refractivity contribution in [2.45, 2.75) is 6.42 Å². The maximum Gasteiger partial charge on any atom is 0.128 e. The molecule has 6 heteroatoms. The third-order valence-electron chi connectivity index (χ3n) is 4.18. The van der Waals surface area contributed by atoms with E-state index >= 15 is 0 Å². The molecule has 0 aliphatic heterocycles. The van der Waals surface area contributed by atoms with Gasteiger partial charge in [-0.3, -0.25) is 5.21 Å². The first-order valence-electron chi connectivity index (χ1n) is 7.96. The van der Waals surface area contributed by atoms with E-state index in [9.17, 15) is 9.60 Å². The van der Waals surface area contributed by atoms with E-state index in [1.807, 2.05) is 6.07 Å². The van der Waals surface area contributed by atoms with Crippen LogP contribution >= 0.6 is 0 Å². The van der Waals surface area contributed by atoms with Gasteiger partial charge in [-0.25, -0.2) is 4.39 Å². The molecule has 3 aromatic rings. The second-order valence-electron chi connectivity index (χ2n) is 5.84. The fraction of sp³-hybridized carbons (Fsp3) is 0.100. The molecule has 0 unspecified atom stereocenters. The van der Waals surface area contributed by atoms with Gasteiger partial charge >= 0.3 is 0 Å².